The molecule has 0 saturated carbocycles. The van der Waals surface area contributed by atoms with Crippen molar-refractivity contribution < 1.29 is 23.8 Å². The van der Waals surface area contributed by atoms with E-state index in [4.69, 9.17) is 14.2 Å². The lowest BCUT2D eigenvalue weighted by Crippen LogP contribution is -2.51. The largest absolute Gasteiger partial charge is 0.497 e. The minimum atomic E-state index is -0.623. The Morgan fingerprint density at radius 2 is 1.71 bits per heavy atom. The van der Waals surface area contributed by atoms with Crippen molar-refractivity contribution in [1.29, 1.82) is 0 Å². The highest BCUT2D eigenvalue weighted by atomic mass is 16.5. The van der Waals surface area contributed by atoms with Gasteiger partial charge >= 0.3 is 0 Å². The summed E-state index contributed by atoms with van der Waals surface area (Å²) in [6.07, 6.45) is 0.475. The smallest absolute Gasteiger partial charge is 0.261 e. The molecule has 0 spiro atoms. The summed E-state index contributed by atoms with van der Waals surface area (Å²) >= 11 is 0. The van der Waals surface area contributed by atoms with Crippen molar-refractivity contribution in [1.82, 2.24) is 10.2 Å². The molecule has 0 heterocycles. The molecule has 1 atom stereocenters. The van der Waals surface area contributed by atoms with Crippen LogP contribution in [-0.4, -0.2) is 49.6 Å². The highest BCUT2D eigenvalue weighted by Gasteiger charge is 2.29. The Hall–Kier alpha value is -3.22. The van der Waals surface area contributed by atoms with Crippen LogP contribution in [0.25, 0.3) is 0 Å². The van der Waals surface area contributed by atoms with Gasteiger partial charge < -0.3 is 24.4 Å². The van der Waals surface area contributed by atoms with Crippen LogP contribution in [0.4, 0.5) is 0 Å². The topological polar surface area (TPSA) is 77.1 Å². The average molecular weight is 429 g/mol. The fraction of sp³-hybridized carbons (Fsp3) is 0.417. The molecule has 2 amide bonds. The number of benzene rings is 2. The molecule has 0 bridgehead atoms. The van der Waals surface area contributed by atoms with E-state index in [-0.39, 0.29) is 31.0 Å². The van der Waals surface area contributed by atoms with Gasteiger partial charge in [-0.3, -0.25) is 9.59 Å². The number of rotatable bonds is 11. The van der Waals surface area contributed by atoms with Crippen LogP contribution in [0.15, 0.2) is 48.5 Å². The summed E-state index contributed by atoms with van der Waals surface area (Å²) in [4.78, 5) is 27.6. The Morgan fingerprint density at radius 3 is 2.32 bits per heavy atom. The van der Waals surface area contributed by atoms with Gasteiger partial charge in [0.1, 0.15) is 11.8 Å². The predicted octanol–water partition coefficient (Wildman–Crippen LogP) is 3.41. The van der Waals surface area contributed by atoms with Crippen molar-refractivity contribution in [3.05, 3.63) is 54.1 Å². The van der Waals surface area contributed by atoms with Crippen molar-refractivity contribution >= 4 is 11.8 Å². The van der Waals surface area contributed by atoms with E-state index in [0.717, 1.165) is 5.56 Å². The maximum atomic E-state index is 13.2. The number of nitrogens with zero attached hydrogens (tertiary/aromatic N) is 1. The molecule has 0 radical (unpaired) electrons. The highest BCUT2D eigenvalue weighted by Crippen LogP contribution is 2.26. The Labute approximate surface area is 184 Å². The molecule has 2 aromatic carbocycles. The van der Waals surface area contributed by atoms with Crippen molar-refractivity contribution in [3.63, 3.8) is 0 Å². The molecule has 168 valence electrons. The second-order valence-corrected chi connectivity index (χ2v) is 7.40. The summed E-state index contributed by atoms with van der Waals surface area (Å²) < 4.78 is 16.3. The highest BCUT2D eigenvalue weighted by molar-refractivity contribution is 5.88. The van der Waals surface area contributed by atoms with Gasteiger partial charge in [0.05, 0.1) is 14.2 Å². The quantitative estimate of drug-likeness (QED) is 0.594. The van der Waals surface area contributed by atoms with E-state index < -0.39 is 6.04 Å². The number of para-hydroxylation sites is 2. The van der Waals surface area contributed by atoms with Gasteiger partial charge in [0.25, 0.3) is 5.91 Å². The summed E-state index contributed by atoms with van der Waals surface area (Å²) in [5.41, 5.74) is 0.862. The summed E-state index contributed by atoms with van der Waals surface area (Å²) in [7, 11) is 3.14. The average Bonchev–Trinajstić information content (AvgIpc) is 2.77. The van der Waals surface area contributed by atoms with E-state index in [2.05, 4.69) is 5.32 Å². The van der Waals surface area contributed by atoms with Crippen LogP contribution in [0.5, 0.6) is 17.2 Å². The third-order valence-corrected chi connectivity index (χ3v) is 4.72. The summed E-state index contributed by atoms with van der Waals surface area (Å²) in [6, 6.07) is 13.9. The first kappa shape index (κ1) is 24.1. The number of hydrogen-bond donors (Lipinski definition) is 1. The Morgan fingerprint density at radius 1 is 1.00 bits per heavy atom. The molecule has 31 heavy (non-hydrogen) atoms. The number of ether oxygens (including phenoxy) is 3. The SMILES string of the molecule is CC[C@@H](C(=O)NC(C)C)N(Cc1cccc(OC)c1)C(=O)COc1ccccc1OC. The number of methoxy groups -OCH3 is 2. The van der Waals surface area contributed by atoms with Gasteiger partial charge in [-0.15, -0.1) is 0 Å². The van der Waals surface area contributed by atoms with Gasteiger partial charge in [-0.25, -0.2) is 0 Å². The maximum Gasteiger partial charge on any atom is 0.261 e. The molecule has 0 aliphatic carbocycles. The van der Waals surface area contributed by atoms with E-state index in [0.29, 0.717) is 23.7 Å². The molecule has 7 nitrogen and oxygen atoms in total. The standard InChI is InChI=1S/C24H32N2O5/c1-6-20(24(28)25-17(2)3)26(15-18-10-9-11-19(14-18)29-4)23(27)16-31-22-13-8-7-12-21(22)30-5/h7-14,17,20H,6,15-16H2,1-5H3,(H,25,28)/t20-/m0/s1. The van der Waals surface area contributed by atoms with Gasteiger partial charge in [-0.2, -0.15) is 0 Å². The van der Waals surface area contributed by atoms with Gasteiger partial charge in [0.2, 0.25) is 5.91 Å². The lowest BCUT2D eigenvalue weighted by molar-refractivity contribution is -0.143. The molecular formula is C24H32N2O5. The third kappa shape index (κ3) is 6.91. The van der Waals surface area contributed by atoms with Crippen LogP contribution in [0, 0.1) is 0 Å². The number of hydrogen-bond acceptors (Lipinski definition) is 5. The Kier molecular flexibility index (Phi) is 9.18. The number of carbonyl (C=O) groups excluding carboxylic acids is 2. The van der Waals surface area contributed by atoms with Crippen LogP contribution in [0.1, 0.15) is 32.8 Å². The van der Waals surface area contributed by atoms with Gasteiger partial charge in [0, 0.05) is 12.6 Å². The maximum absolute atomic E-state index is 13.2. The first-order chi connectivity index (χ1) is 14.9. The molecule has 2 rings (SSSR count). The van der Waals surface area contributed by atoms with Crippen molar-refractivity contribution in [2.75, 3.05) is 20.8 Å². The molecule has 0 unspecified atom stereocenters. The molecule has 7 heteroatoms. The Balaban J connectivity index is 2.25. The molecule has 0 aliphatic rings. The lowest BCUT2D eigenvalue weighted by atomic mass is 10.1. The molecule has 0 fully saturated rings. The van der Waals surface area contributed by atoms with Crippen molar-refractivity contribution in [2.24, 2.45) is 0 Å². The molecular weight excluding hydrogens is 396 g/mol. The van der Waals surface area contributed by atoms with Gasteiger partial charge in [-0.1, -0.05) is 31.2 Å². The monoisotopic (exact) mass is 428 g/mol. The van der Waals surface area contributed by atoms with Crippen LogP contribution in [0.2, 0.25) is 0 Å². The minimum absolute atomic E-state index is 0.0276. The van der Waals surface area contributed by atoms with Crippen LogP contribution in [-0.2, 0) is 16.1 Å². The molecule has 1 N–H and O–H groups in total. The Bertz CT molecular complexity index is 869. The number of amides is 2. The van der Waals surface area contributed by atoms with Crippen LogP contribution < -0.4 is 19.5 Å². The molecule has 0 aliphatic heterocycles. The lowest BCUT2D eigenvalue weighted by Gasteiger charge is -2.31. The van der Waals surface area contributed by atoms with Crippen molar-refractivity contribution in [3.8, 4) is 17.2 Å². The van der Waals surface area contributed by atoms with Gasteiger partial charge in [-0.05, 0) is 50.1 Å². The minimum Gasteiger partial charge on any atom is -0.497 e. The first-order valence-corrected chi connectivity index (χ1v) is 10.4. The zero-order chi connectivity index (χ0) is 22.8. The zero-order valence-electron chi connectivity index (χ0n) is 18.9. The molecule has 0 aromatic heterocycles. The van der Waals surface area contributed by atoms with E-state index >= 15 is 0 Å². The fourth-order valence-electron chi connectivity index (χ4n) is 3.23. The molecule has 2 aromatic rings. The second kappa shape index (κ2) is 11.8. The van der Waals surface area contributed by atoms with Crippen LogP contribution >= 0.6 is 0 Å². The zero-order valence-corrected chi connectivity index (χ0v) is 18.9. The molecule has 0 saturated heterocycles. The summed E-state index contributed by atoms with van der Waals surface area (Å²) in [6.45, 7) is 5.72. The second-order valence-electron chi connectivity index (χ2n) is 7.40. The summed E-state index contributed by atoms with van der Waals surface area (Å²) in [5, 5.41) is 2.91. The predicted molar refractivity (Wildman–Crippen MR) is 119 cm³/mol. The fourth-order valence-corrected chi connectivity index (χ4v) is 3.23. The van der Waals surface area contributed by atoms with Crippen molar-refractivity contribution in [2.45, 2.75) is 45.8 Å². The van der Waals surface area contributed by atoms with E-state index in [1.807, 2.05) is 51.1 Å². The van der Waals surface area contributed by atoms with E-state index in [1.54, 1.807) is 37.3 Å². The van der Waals surface area contributed by atoms with E-state index in [9.17, 15) is 9.59 Å². The number of carbonyl (C=O) groups is 2. The third-order valence-electron chi connectivity index (χ3n) is 4.72. The first-order valence-electron chi connectivity index (χ1n) is 10.4. The van der Waals surface area contributed by atoms with E-state index in [1.165, 1.54) is 0 Å². The summed E-state index contributed by atoms with van der Waals surface area (Å²) in [5.74, 6) is 1.22. The number of nitrogens with one attached hydrogen (secondary N) is 1. The normalized spacial score (nSPS) is 11.5. The van der Waals surface area contributed by atoms with Crippen LogP contribution in [0.3, 0.4) is 0 Å². The van der Waals surface area contributed by atoms with Gasteiger partial charge in [0.15, 0.2) is 18.1 Å².